The van der Waals surface area contributed by atoms with Gasteiger partial charge in [0.25, 0.3) is 0 Å². The number of hydrogen-bond donors (Lipinski definition) is 1. The highest BCUT2D eigenvalue weighted by Gasteiger charge is 2.19. The molecule has 2 aromatic carbocycles. The van der Waals surface area contributed by atoms with Gasteiger partial charge in [-0.25, -0.2) is 4.98 Å². The first kappa shape index (κ1) is 13.5. The fourth-order valence-corrected chi connectivity index (χ4v) is 3.45. The molecule has 4 rings (SSSR count). The van der Waals surface area contributed by atoms with Crippen molar-refractivity contribution in [2.75, 3.05) is 6.54 Å². The molecule has 0 saturated heterocycles. The van der Waals surface area contributed by atoms with E-state index in [1.807, 2.05) is 12.4 Å². The minimum atomic E-state index is 0.608. The second-order valence-electron chi connectivity index (χ2n) is 6.11. The lowest BCUT2D eigenvalue weighted by Gasteiger charge is -2.12. The van der Waals surface area contributed by atoms with E-state index in [0.29, 0.717) is 6.04 Å². The Kier molecular flexibility index (Phi) is 3.65. The molecule has 22 heavy (non-hydrogen) atoms. The largest absolute Gasteiger partial charge is 0.331 e. The summed E-state index contributed by atoms with van der Waals surface area (Å²) in [6.45, 7) is 2.08. The minimum absolute atomic E-state index is 0.608. The summed E-state index contributed by atoms with van der Waals surface area (Å²) >= 11 is 0. The number of aryl methyl sites for hydroxylation is 1. The lowest BCUT2D eigenvalue weighted by atomic mass is 10.1. The Bertz CT molecular complexity index is 750. The van der Waals surface area contributed by atoms with Crippen LogP contribution < -0.4 is 5.32 Å². The third-order valence-corrected chi connectivity index (χ3v) is 4.59. The molecule has 0 amide bonds. The summed E-state index contributed by atoms with van der Waals surface area (Å²) in [5.74, 6) is 0. The zero-order valence-electron chi connectivity index (χ0n) is 12.7. The van der Waals surface area contributed by atoms with Gasteiger partial charge in [-0.3, -0.25) is 0 Å². The van der Waals surface area contributed by atoms with E-state index < -0.39 is 0 Å². The monoisotopic (exact) mass is 291 g/mol. The van der Waals surface area contributed by atoms with Gasteiger partial charge < -0.3 is 9.88 Å². The molecule has 0 fully saturated rings. The SMILES string of the molecule is c1ccc2c(c1)CC(NCCCn1cnc3ccccc31)C2. The Hall–Kier alpha value is -2.13. The van der Waals surface area contributed by atoms with Crippen molar-refractivity contribution in [1.82, 2.24) is 14.9 Å². The molecule has 1 N–H and O–H groups in total. The second-order valence-corrected chi connectivity index (χ2v) is 6.11. The van der Waals surface area contributed by atoms with Crippen LogP contribution in [0.15, 0.2) is 54.9 Å². The van der Waals surface area contributed by atoms with Crippen molar-refractivity contribution in [1.29, 1.82) is 0 Å². The van der Waals surface area contributed by atoms with Crippen LogP contribution >= 0.6 is 0 Å². The van der Waals surface area contributed by atoms with E-state index in [1.165, 1.54) is 29.5 Å². The first-order valence-electron chi connectivity index (χ1n) is 8.10. The molecule has 0 radical (unpaired) electrons. The molecule has 0 bridgehead atoms. The predicted octanol–water partition coefficient (Wildman–Crippen LogP) is 3.18. The number of benzene rings is 2. The lowest BCUT2D eigenvalue weighted by Crippen LogP contribution is -2.30. The van der Waals surface area contributed by atoms with E-state index >= 15 is 0 Å². The number of imidazole rings is 1. The van der Waals surface area contributed by atoms with Crippen LogP contribution in [-0.2, 0) is 19.4 Å². The van der Waals surface area contributed by atoms with Gasteiger partial charge in [-0.05, 0) is 49.1 Å². The van der Waals surface area contributed by atoms with Gasteiger partial charge in [0.15, 0.2) is 0 Å². The van der Waals surface area contributed by atoms with Crippen LogP contribution in [-0.4, -0.2) is 22.1 Å². The van der Waals surface area contributed by atoms with Gasteiger partial charge in [0.2, 0.25) is 0 Å². The van der Waals surface area contributed by atoms with E-state index in [9.17, 15) is 0 Å². The Morgan fingerprint density at radius 1 is 1.00 bits per heavy atom. The van der Waals surface area contributed by atoms with E-state index in [2.05, 4.69) is 57.3 Å². The first-order valence-corrected chi connectivity index (χ1v) is 8.10. The number of rotatable bonds is 5. The number of hydrogen-bond acceptors (Lipinski definition) is 2. The van der Waals surface area contributed by atoms with E-state index in [0.717, 1.165) is 25.0 Å². The van der Waals surface area contributed by atoms with Gasteiger partial charge in [-0.15, -0.1) is 0 Å². The van der Waals surface area contributed by atoms with Gasteiger partial charge in [0.1, 0.15) is 0 Å². The molecule has 3 heteroatoms. The molecule has 0 aliphatic heterocycles. The van der Waals surface area contributed by atoms with Gasteiger partial charge in [0, 0.05) is 12.6 Å². The normalized spacial score (nSPS) is 14.5. The molecule has 3 nitrogen and oxygen atoms in total. The quantitative estimate of drug-likeness (QED) is 0.732. The summed E-state index contributed by atoms with van der Waals surface area (Å²) in [6.07, 6.45) is 5.43. The number of aromatic nitrogens is 2. The topological polar surface area (TPSA) is 29.9 Å². The van der Waals surface area contributed by atoms with Crippen LogP contribution in [0.5, 0.6) is 0 Å². The molecular formula is C19H21N3. The van der Waals surface area contributed by atoms with Crippen LogP contribution in [0.4, 0.5) is 0 Å². The van der Waals surface area contributed by atoms with Crippen LogP contribution in [0.25, 0.3) is 11.0 Å². The molecule has 1 aromatic heterocycles. The summed E-state index contributed by atoms with van der Waals surface area (Å²) < 4.78 is 2.25. The van der Waals surface area contributed by atoms with E-state index in [1.54, 1.807) is 0 Å². The molecule has 0 saturated carbocycles. The standard InChI is InChI=1S/C19H21N3/c1-2-7-16-13-17(12-15(16)6-1)20-10-5-11-22-14-21-18-8-3-4-9-19(18)22/h1-4,6-9,14,17,20H,5,10-13H2. The zero-order valence-corrected chi connectivity index (χ0v) is 12.7. The van der Waals surface area contributed by atoms with E-state index in [-0.39, 0.29) is 0 Å². The molecule has 112 valence electrons. The number of para-hydroxylation sites is 2. The maximum Gasteiger partial charge on any atom is 0.0958 e. The summed E-state index contributed by atoms with van der Waals surface area (Å²) in [6, 6.07) is 17.7. The second kappa shape index (κ2) is 5.93. The Morgan fingerprint density at radius 3 is 2.55 bits per heavy atom. The van der Waals surface area contributed by atoms with Crippen molar-refractivity contribution in [2.24, 2.45) is 0 Å². The fraction of sp³-hybridized carbons (Fsp3) is 0.316. The minimum Gasteiger partial charge on any atom is -0.331 e. The summed E-state index contributed by atoms with van der Waals surface area (Å²) in [5, 5.41) is 3.71. The third-order valence-electron chi connectivity index (χ3n) is 4.59. The maximum absolute atomic E-state index is 4.44. The van der Waals surface area contributed by atoms with Crippen molar-refractivity contribution in [3.63, 3.8) is 0 Å². The third kappa shape index (κ3) is 2.64. The van der Waals surface area contributed by atoms with Crippen molar-refractivity contribution in [3.05, 3.63) is 66.0 Å². The molecule has 1 aliphatic rings. The Morgan fingerprint density at radius 2 is 1.73 bits per heavy atom. The van der Waals surface area contributed by atoms with Gasteiger partial charge in [-0.1, -0.05) is 36.4 Å². The Labute approximate surface area is 131 Å². The smallest absolute Gasteiger partial charge is 0.0958 e. The van der Waals surface area contributed by atoms with Crippen molar-refractivity contribution in [3.8, 4) is 0 Å². The molecule has 0 unspecified atom stereocenters. The predicted molar refractivity (Wildman–Crippen MR) is 90.0 cm³/mol. The molecular weight excluding hydrogens is 270 g/mol. The van der Waals surface area contributed by atoms with Crippen molar-refractivity contribution in [2.45, 2.75) is 31.8 Å². The van der Waals surface area contributed by atoms with Crippen molar-refractivity contribution < 1.29 is 0 Å². The highest BCUT2D eigenvalue weighted by molar-refractivity contribution is 5.74. The van der Waals surface area contributed by atoms with Crippen LogP contribution in [0, 0.1) is 0 Å². The summed E-state index contributed by atoms with van der Waals surface area (Å²) in [4.78, 5) is 4.44. The average Bonchev–Trinajstić information content (AvgIpc) is 3.15. The van der Waals surface area contributed by atoms with Crippen molar-refractivity contribution >= 4 is 11.0 Å². The van der Waals surface area contributed by atoms with E-state index in [4.69, 9.17) is 0 Å². The van der Waals surface area contributed by atoms with Crippen LogP contribution in [0.1, 0.15) is 17.5 Å². The zero-order chi connectivity index (χ0) is 14.8. The highest BCUT2D eigenvalue weighted by atomic mass is 15.0. The molecule has 1 aliphatic carbocycles. The van der Waals surface area contributed by atoms with Crippen LogP contribution in [0.2, 0.25) is 0 Å². The first-order chi connectivity index (χ1) is 10.9. The Balaban J connectivity index is 1.28. The fourth-order valence-electron chi connectivity index (χ4n) is 3.45. The lowest BCUT2D eigenvalue weighted by molar-refractivity contribution is 0.504. The molecule has 0 atom stereocenters. The average molecular weight is 291 g/mol. The number of nitrogens with one attached hydrogen (secondary N) is 1. The summed E-state index contributed by atoms with van der Waals surface area (Å²) in [5.41, 5.74) is 5.35. The molecule has 0 spiro atoms. The molecule has 1 heterocycles. The van der Waals surface area contributed by atoms with Gasteiger partial charge >= 0.3 is 0 Å². The van der Waals surface area contributed by atoms with Crippen LogP contribution in [0.3, 0.4) is 0 Å². The van der Waals surface area contributed by atoms with Gasteiger partial charge in [0.05, 0.1) is 17.4 Å². The summed E-state index contributed by atoms with van der Waals surface area (Å²) in [7, 11) is 0. The van der Waals surface area contributed by atoms with Gasteiger partial charge in [-0.2, -0.15) is 0 Å². The number of nitrogens with zero attached hydrogens (tertiary/aromatic N) is 2. The highest BCUT2D eigenvalue weighted by Crippen LogP contribution is 2.21. The number of fused-ring (bicyclic) bond motifs is 2. The molecule has 3 aromatic rings. The maximum atomic E-state index is 4.44.